The molecule has 0 heterocycles. The number of diazo groups is 1. The van der Waals surface area contributed by atoms with Gasteiger partial charge in [0, 0.05) is 12.1 Å². The molecular formula is C7H6Cl4N3O3Zn-. The minimum Gasteiger partial charge on any atom is -1.00 e. The predicted molar refractivity (Wildman–Crippen MR) is 44.4 cm³/mol. The molecule has 1 rings (SSSR count). The predicted octanol–water partition coefficient (Wildman–Crippen LogP) is -9.90. The first kappa shape index (κ1) is 30.6. The van der Waals surface area contributed by atoms with Crippen molar-refractivity contribution in [2.45, 2.75) is 0 Å². The van der Waals surface area contributed by atoms with Crippen LogP contribution in [-0.4, -0.2) is 12.0 Å². The fourth-order valence-electron chi connectivity index (χ4n) is 0.862. The van der Waals surface area contributed by atoms with E-state index in [1.54, 1.807) is 0 Å². The van der Waals surface area contributed by atoms with Crippen molar-refractivity contribution in [2.24, 2.45) is 0 Å². The van der Waals surface area contributed by atoms with Crippen LogP contribution in [0, 0.1) is 15.5 Å². The first-order chi connectivity index (χ1) is 6.19. The molecule has 0 bridgehead atoms. The van der Waals surface area contributed by atoms with Gasteiger partial charge in [0.2, 0.25) is 11.1 Å². The Balaban J connectivity index is -0.000000113. The van der Waals surface area contributed by atoms with Gasteiger partial charge in [-0.25, -0.2) is 0 Å². The molecule has 0 atom stereocenters. The molecule has 0 spiro atoms. The number of methoxy groups -OCH3 is 1. The number of halogens is 4. The Labute approximate surface area is 141 Å². The Morgan fingerprint density at radius 3 is 2.11 bits per heavy atom. The van der Waals surface area contributed by atoms with Crippen LogP contribution in [0.2, 0.25) is 0 Å². The summed E-state index contributed by atoms with van der Waals surface area (Å²) in [6.45, 7) is 0. The second kappa shape index (κ2) is 14.7. The van der Waals surface area contributed by atoms with E-state index in [-0.39, 0.29) is 86.2 Å². The molecule has 0 aromatic heterocycles. The maximum absolute atomic E-state index is 10.3. The number of hydrogen-bond acceptors (Lipinski definition) is 4. The molecule has 0 unspecified atom stereocenters. The van der Waals surface area contributed by atoms with Gasteiger partial charge in [0.15, 0.2) is 4.98 Å². The van der Waals surface area contributed by atoms with E-state index in [2.05, 4.69) is 4.98 Å². The van der Waals surface area contributed by atoms with Crippen molar-refractivity contribution in [3.05, 3.63) is 33.3 Å². The smallest absolute Gasteiger partial charge is 1.00 e. The van der Waals surface area contributed by atoms with Crippen molar-refractivity contribution < 1.29 is 78.8 Å². The quantitative estimate of drug-likeness (QED) is 0.219. The molecule has 0 saturated carbocycles. The molecule has 11 heteroatoms. The molecule has 0 radical (unpaired) electrons. The number of nitrogens with zero attached hydrogens (tertiary/aromatic N) is 3. The third-order valence-electron chi connectivity index (χ3n) is 1.48. The van der Waals surface area contributed by atoms with Crippen LogP contribution in [-0.2, 0) is 19.5 Å². The first-order valence-corrected chi connectivity index (χ1v) is 3.36. The van der Waals surface area contributed by atoms with Crippen molar-refractivity contribution in [3.8, 4) is 5.75 Å². The summed E-state index contributed by atoms with van der Waals surface area (Å²) in [6.07, 6.45) is 0. The molecule has 1 aromatic carbocycles. The molecule has 0 aliphatic rings. The van der Waals surface area contributed by atoms with Gasteiger partial charge in [-0.2, -0.15) is 0 Å². The van der Waals surface area contributed by atoms with Crippen molar-refractivity contribution in [1.29, 1.82) is 5.39 Å². The number of benzene rings is 1. The van der Waals surface area contributed by atoms with Gasteiger partial charge < -0.3 is 54.4 Å². The Morgan fingerprint density at radius 1 is 1.28 bits per heavy atom. The third-order valence-corrected chi connectivity index (χ3v) is 1.48. The van der Waals surface area contributed by atoms with E-state index in [0.717, 1.165) is 0 Å². The summed E-state index contributed by atoms with van der Waals surface area (Å²) in [5.74, 6) is 0.164. The monoisotopic (exact) mass is 384 g/mol. The first-order valence-electron chi connectivity index (χ1n) is 3.36. The summed E-state index contributed by atoms with van der Waals surface area (Å²) < 4.78 is 4.77. The second-order valence-corrected chi connectivity index (χ2v) is 2.21. The molecule has 18 heavy (non-hydrogen) atoms. The van der Waals surface area contributed by atoms with Crippen LogP contribution in [0.15, 0.2) is 18.2 Å². The number of ether oxygens (including phenoxy) is 1. The van der Waals surface area contributed by atoms with E-state index >= 15 is 0 Å². The third kappa shape index (κ3) is 7.86. The van der Waals surface area contributed by atoms with Gasteiger partial charge in [-0.15, -0.1) is 0 Å². The Hall–Kier alpha value is -0.377. The van der Waals surface area contributed by atoms with E-state index in [4.69, 9.17) is 10.1 Å². The van der Waals surface area contributed by atoms with Crippen LogP contribution >= 0.6 is 0 Å². The van der Waals surface area contributed by atoms with E-state index in [1.165, 1.54) is 25.3 Å². The van der Waals surface area contributed by atoms with Crippen molar-refractivity contribution in [3.63, 3.8) is 0 Å². The molecule has 98 valence electrons. The van der Waals surface area contributed by atoms with E-state index in [0.29, 0.717) is 0 Å². The van der Waals surface area contributed by atoms with Gasteiger partial charge in [0.05, 0.1) is 18.1 Å². The topological polar surface area (TPSA) is 80.5 Å². The van der Waals surface area contributed by atoms with Gasteiger partial charge in [-0.05, 0) is 0 Å². The number of nitro benzene ring substituents is 1. The molecule has 1 aromatic rings. The maximum atomic E-state index is 10.3. The molecule has 0 fully saturated rings. The molecule has 0 N–H and O–H groups in total. The SMILES string of the molecule is COc1cc([N+](=O)[O-])ccc1[N+]#N.[Cl-].[Cl-].[Cl-].[Cl-].[Zn+2]. The number of rotatable bonds is 2. The fraction of sp³-hybridized carbons (Fsp3) is 0.143. The van der Waals surface area contributed by atoms with Crippen LogP contribution in [0.1, 0.15) is 0 Å². The van der Waals surface area contributed by atoms with Crippen LogP contribution in [0.5, 0.6) is 5.75 Å². The number of hydrogen-bond donors (Lipinski definition) is 0. The normalized spacial score (nSPS) is 6.44. The van der Waals surface area contributed by atoms with Crippen LogP contribution < -0.4 is 54.4 Å². The summed E-state index contributed by atoms with van der Waals surface area (Å²) in [7, 11) is 1.34. The fourth-order valence-corrected chi connectivity index (χ4v) is 0.862. The van der Waals surface area contributed by atoms with Crippen LogP contribution in [0.3, 0.4) is 0 Å². The molecule has 6 nitrogen and oxygen atoms in total. The minimum atomic E-state index is -0.552. The van der Waals surface area contributed by atoms with Gasteiger partial charge in [-0.3, -0.25) is 10.1 Å². The summed E-state index contributed by atoms with van der Waals surface area (Å²) in [5.41, 5.74) is 0.0531. The number of non-ortho nitro benzene ring substituents is 1. The second-order valence-electron chi connectivity index (χ2n) is 2.21. The van der Waals surface area contributed by atoms with Gasteiger partial charge >= 0.3 is 25.2 Å². The summed E-state index contributed by atoms with van der Waals surface area (Å²) in [6, 6.07) is 3.73. The van der Waals surface area contributed by atoms with Gasteiger partial charge in [-0.1, -0.05) is 0 Å². The molecule has 0 amide bonds. The van der Waals surface area contributed by atoms with Crippen LogP contribution in [0.25, 0.3) is 4.98 Å². The average Bonchev–Trinajstić information content (AvgIpc) is 2.16. The van der Waals surface area contributed by atoms with E-state index < -0.39 is 4.92 Å². The standard InChI is InChI=1S/C7H6N3O3.4ClH.Zn/c1-13-7-4-5(10(11)12)2-3-6(7)9-8;;;;;/h2-4H,1H3;4*1H;/q+1;;;;;+2/p-4. The largest absolute Gasteiger partial charge is 2.00 e. The summed E-state index contributed by atoms with van der Waals surface area (Å²) in [5, 5.41) is 18.8. The Kier molecular flexibility index (Phi) is 24.9. The Morgan fingerprint density at radius 2 is 1.78 bits per heavy atom. The maximum Gasteiger partial charge on any atom is 2.00 e. The zero-order valence-electron chi connectivity index (χ0n) is 9.02. The molecular weight excluding hydrogens is 381 g/mol. The van der Waals surface area contributed by atoms with Crippen molar-refractivity contribution in [1.82, 2.24) is 0 Å². The summed E-state index contributed by atoms with van der Waals surface area (Å²) in [4.78, 5) is 12.7. The zero-order valence-corrected chi connectivity index (χ0v) is 15.0. The van der Waals surface area contributed by atoms with Crippen LogP contribution in [0.4, 0.5) is 11.4 Å². The minimum absolute atomic E-state index is 0. The Bertz CT molecular complexity index is 402. The molecule has 0 aliphatic carbocycles. The number of nitro groups is 1. The summed E-state index contributed by atoms with van der Waals surface area (Å²) >= 11 is 0. The van der Waals surface area contributed by atoms with Gasteiger partial charge in [0.25, 0.3) is 5.69 Å². The zero-order chi connectivity index (χ0) is 9.84. The van der Waals surface area contributed by atoms with E-state index in [9.17, 15) is 10.1 Å². The molecule has 0 aliphatic heterocycles. The van der Waals surface area contributed by atoms with E-state index in [1.807, 2.05) is 0 Å². The van der Waals surface area contributed by atoms with Gasteiger partial charge in [0.1, 0.15) is 0 Å². The van der Waals surface area contributed by atoms with Crippen molar-refractivity contribution in [2.75, 3.05) is 7.11 Å². The van der Waals surface area contributed by atoms with Crippen molar-refractivity contribution >= 4 is 11.4 Å². The average molecular weight is 387 g/mol. The molecule has 0 saturated heterocycles.